The van der Waals surface area contributed by atoms with E-state index in [1.807, 2.05) is 0 Å². The second-order valence-corrected chi connectivity index (χ2v) is 10.3. The lowest BCUT2D eigenvalue weighted by molar-refractivity contribution is -0.166. The third-order valence-corrected chi connectivity index (χ3v) is 6.85. The molecular formula is C29H51N3O5. The number of pyridine rings is 1. The molecule has 0 aliphatic rings. The molecule has 5 N–H and O–H groups in total. The van der Waals surface area contributed by atoms with Crippen LogP contribution in [0.3, 0.4) is 0 Å². The van der Waals surface area contributed by atoms with Crippen LogP contribution in [0, 0.1) is 0 Å². The Morgan fingerprint density at radius 3 is 1.70 bits per heavy atom. The molecule has 8 nitrogen and oxygen atoms in total. The Morgan fingerprint density at radius 2 is 1.24 bits per heavy atom. The van der Waals surface area contributed by atoms with E-state index >= 15 is 0 Å². The number of nitrogens with one attached hydrogen (secondary N) is 2. The van der Waals surface area contributed by atoms with Crippen molar-refractivity contribution in [3.63, 3.8) is 0 Å². The molecule has 3 atom stereocenters. The summed E-state index contributed by atoms with van der Waals surface area (Å²) in [4.78, 5) is 28.4. The summed E-state index contributed by atoms with van der Waals surface area (Å²) in [5.41, 5.74) is -2.36. The van der Waals surface area contributed by atoms with Crippen molar-refractivity contribution in [2.75, 3.05) is 11.9 Å². The van der Waals surface area contributed by atoms with Crippen LogP contribution in [0.15, 0.2) is 24.4 Å². The predicted molar refractivity (Wildman–Crippen MR) is 148 cm³/mol. The third-order valence-electron chi connectivity index (χ3n) is 6.85. The van der Waals surface area contributed by atoms with Crippen molar-refractivity contribution in [3.8, 4) is 0 Å². The van der Waals surface area contributed by atoms with Crippen LogP contribution < -0.4 is 10.6 Å². The molecule has 3 unspecified atom stereocenters. The van der Waals surface area contributed by atoms with E-state index in [0.29, 0.717) is 6.54 Å². The van der Waals surface area contributed by atoms with Gasteiger partial charge in [0.1, 0.15) is 11.4 Å². The third kappa shape index (κ3) is 14.5. The van der Waals surface area contributed by atoms with Gasteiger partial charge in [0, 0.05) is 12.7 Å². The van der Waals surface area contributed by atoms with Crippen LogP contribution in [0.4, 0.5) is 5.82 Å². The Bertz CT molecular complexity index is 730. The molecule has 0 aliphatic heterocycles. The first-order valence-corrected chi connectivity index (χ1v) is 14.4. The molecule has 0 bridgehead atoms. The highest BCUT2D eigenvalue weighted by atomic mass is 16.4. The van der Waals surface area contributed by atoms with E-state index in [1.165, 1.54) is 95.7 Å². The normalized spacial score (nSPS) is 14.5. The van der Waals surface area contributed by atoms with Gasteiger partial charge >= 0.3 is 0 Å². The van der Waals surface area contributed by atoms with Crippen LogP contribution in [-0.4, -0.2) is 56.5 Å². The number of aliphatic hydroxyl groups excluding tert-OH is 2. The molecule has 212 valence electrons. The van der Waals surface area contributed by atoms with Gasteiger partial charge in [-0.1, -0.05) is 109 Å². The van der Waals surface area contributed by atoms with Gasteiger partial charge < -0.3 is 26.0 Å². The van der Waals surface area contributed by atoms with Gasteiger partial charge in [0.2, 0.25) is 0 Å². The van der Waals surface area contributed by atoms with E-state index in [9.17, 15) is 24.9 Å². The first-order valence-electron chi connectivity index (χ1n) is 14.4. The van der Waals surface area contributed by atoms with Crippen molar-refractivity contribution in [2.24, 2.45) is 0 Å². The van der Waals surface area contributed by atoms with E-state index in [4.69, 9.17) is 0 Å². The molecule has 0 saturated heterocycles. The molecule has 2 amide bonds. The molecular weight excluding hydrogens is 470 g/mol. The number of anilines is 1. The molecule has 0 aromatic carbocycles. The van der Waals surface area contributed by atoms with Gasteiger partial charge in [-0.3, -0.25) is 9.59 Å². The zero-order valence-corrected chi connectivity index (χ0v) is 23.1. The number of amides is 2. The maximum atomic E-state index is 12.3. The fourth-order valence-electron chi connectivity index (χ4n) is 4.29. The molecule has 0 saturated carbocycles. The molecule has 8 heteroatoms. The number of nitrogens with zero attached hydrogens (tertiary/aromatic N) is 1. The maximum Gasteiger partial charge on any atom is 0.257 e. The lowest BCUT2D eigenvalue weighted by Gasteiger charge is -2.31. The summed E-state index contributed by atoms with van der Waals surface area (Å²) in [6.45, 7) is 3.67. The second kappa shape index (κ2) is 20.0. The summed E-state index contributed by atoms with van der Waals surface area (Å²) in [5.74, 6) is -1.60. The van der Waals surface area contributed by atoms with E-state index in [2.05, 4.69) is 22.5 Å². The minimum Gasteiger partial charge on any atom is -0.384 e. The standard InChI is InChI=1S/C29H51N3O5/c1-3-4-5-6-7-8-9-10-11-12-13-14-15-16-17-19-23-31-27(35)25(33)29(2,37)26(34)28(36)32-24-21-18-20-22-30-24/h18,20-22,25-26,33-34,37H,3-17,19,23H2,1-2H3,(H,31,35)(H,30,32,36). The summed E-state index contributed by atoms with van der Waals surface area (Å²) in [6, 6.07) is 4.82. The number of aromatic nitrogens is 1. The number of hydrogen-bond acceptors (Lipinski definition) is 6. The molecule has 1 rings (SSSR count). The molecule has 1 aromatic heterocycles. The first-order chi connectivity index (χ1) is 17.8. The van der Waals surface area contributed by atoms with Gasteiger partial charge in [-0.15, -0.1) is 0 Å². The molecule has 0 spiro atoms. The molecule has 0 radical (unpaired) electrons. The number of aliphatic hydroxyl groups is 3. The van der Waals surface area contributed by atoms with Crippen molar-refractivity contribution >= 4 is 17.6 Å². The molecule has 37 heavy (non-hydrogen) atoms. The Labute approximate surface area is 223 Å². The molecule has 0 aliphatic carbocycles. The monoisotopic (exact) mass is 521 g/mol. The molecule has 0 fully saturated rings. The van der Waals surface area contributed by atoms with Gasteiger partial charge in [-0.05, 0) is 25.5 Å². The van der Waals surface area contributed by atoms with E-state index in [-0.39, 0.29) is 5.82 Å². The summed E-state index contributed by atoms with van der Waals surface area (Å²) in [5, 5.41) is 35.9. The SMILES string of the molecule is CCCCCCCCCCCCCCCCCCNC(=O)C(O)C(C)(O)C(O)C(=O)Nc1ccccn1. The average Bonchev–Trinajstić information content (AvgIpc) is 2.89. The number of rotatable bonds is 22. The van der Waals surface area contributed by atoms with Crippen LogP contribution in [0.1, 0.15) is 117 Å². The minimum absolute atomic E-state index is 0.185. The Balaban J connectivity index is 2.06. The van der Waals surface area contributed by atoms with Crippen molar-refractivity contribution < 1.29 is 24.9 Å². The largest absolute Gasteiger partial charge is 0.384 e. The predicted octanol–water partition coefficient (Wildman–Crippen LogP) is 4.87. The quantitative estimate of drug-likeness (QED) is 0.138. The average molecular weight is 522 g/mol. The smallest absolute Gasteiger partial charge is 0.257 e. The highest BCUT2D eigenvalue weighted by molar-refractivity contribution is 5.95. The van der Waals surface area contributed by atoms with E-state index in [0.717, 1.165) is 26.2 Å². The Hall–Kier alpha value is -2.03. The number of unbranched alkanes of at least 4 members (excludes halogenated alkanes) is 15. The molecule has 1 heterocycles. The van der Waals surface area contributed by atoms with Crippen LogP contribution in [0.25, 0.3) is 0 Å². The van der Waals surface area contributed by atoms with Crippen molar-refractivity contribution in [3.05, 3.63) is 24.4 Å². The van der Waals surface area contributed by atoms with Crippen LogP contribution in [0.5, 0.6) is 0 Å². The van der Waals surface area contributed by atoms with Gasteiger partial charge in [0.15, 0.2) is 12.2 Å². The summed E-state index contributed by atoms with van der Waals surface area (Å²) >= 11 is 0. The van der Waals surface area contributed by atoms with Crippen LogP contribution >= 0.6 is 0 Å². The van der Waals surface area contributed by atoms with E-state index in [1.54, 1.807) is 12.1 Å². The number of carbonyl (C=O) groups excluding carboxylic acids is 2. The maximum absolute atomic E-state index is 12.3. The Kier molecular flexibility index (Phi) is 17.8. The second-order valence-electron chi connectivity index (χ2n) is 10.3. The van der Waals surface area contributed by atoms with Gasteiger partial charge in [0.05, 0.1) is 0 Å². The van der Waals surface area contributed by atoms with Crippen LogP contribution in [0.2, 0.25) is 0 Å². The lowest BCUT2D eigenvalue weighted by Crippen LogP contribution is -2.59. The van der Waals surface area contributed by atoms with Gasteiger partial charge in [-0.25, -0.2) is 4.98 Å². The summed E-state index contributed by atoms with van der Waals surface area (Å²) < 4.78 is 0. The van der Waals surface area contributed by atoms with Crippen molar-refractivity contribution in [1.29, 1.82) is 0 Å². The lowest BCUT2D eigenvalue weighted by atomic mass is 9.91. The summed E-state index contributed by atoms with van der Waals surface area (Å²) in [6.07, 6.45) is 17.7. The summed E-state index contributed by atoms with van der Waals surface area (Å²) in [7, 11) is 0. The fourth-order valence-corrected chi connectivity index (χ4v) is 4.29. The highest BCUT2D eigenvalue weighted by Gasteiger charge is 2.45. The van der Waals surface area contributed by atoms with E-state index < -0.39 is 29.6 Å². The number of carbonyl (C=O) groups is 2. The van der Waals surface area contributed by atoms with Gasteiger partial charge in [0.25, 0.3) is 11.8 Å². The fraction of sp³-hybridized carbons (Fsp3) is 0.759. The minimum atomic E-state index is -2.36. The molecule has 1 aromatic rings. The number of hydrogen-bond donors (Lipinski definition) is 5. The topological polar surface area (TPSA) is 132 Å². The highest BCUT2D eigenvalue weighted by Crippen LogP contribution is 2.18. The first kappa shape index (κ1) is 33.0. The zero-order valence-electron chi connectivity index (χ0n) is 23.1. The van der Waals surface area contributed by atoms with Gasteiger partial charge in [-0.2, -0.15) is 0 Å². The van der Waals surface area contributed by atoms with Crippen molar-refractivity contribution in [2.45, 2.75) is 134 Å². The van der Waals surface area contributed by atoms with Crippen LogP contribution in [-0.2, 0) is 9.59 Å². The zero-order chi connectivity index (χ0) is 27.4. The Morgan fingerprint density at radius 1 is 0.784 bits per heavy atom. The van der Waals surface area contributed by atoms with Crippen molar-refractivity contribution in [1.82, 2.24) is 10.3 Å².